The third-order valence-electron chi connectivity index (χ3n) is 4.55. The Morgan fingerprint density at radius 2 is 1.92 bits per heavy atom. The SMILES string of the molecule is Cc1cc(-n2cc(Cl)cn2)cc(C)c1C1=C2OC(=O)CC2CC1=O. The van der Waals surface area contributed by atoms with Crippen molar-refractivity contribution < 1.29 is 14.3 Å². The average molecular weight is 343 g/mol. The summed E-state index contributed by atoms with van der Waals surface area (Å²) in [7, 11) is 0. The highest BCUT2D eigenvalue weighted by Gasteiger charge is 2.42. The first-order valence-corrected chi connectivity index (χ1v) is 8.12. The zero-order valence-corrected chi connectivity index (χ0v) is 14.1. The van der Waals surface area contributed by atoms with Gasteiger partial charge in [-0.25, -0.2) is 4.68 Å². The Labute approximate surface area is 143 Å². The van der Waals surface area contributed by atoms with Gasteiger partial charge in [-0.15, -0.1) is 0 Å². The van der Waals surface area contributed by atoms with Crippen molar-refractivity contribution in [3.05, 3.63) is 52.0 Å². The predicted octanol–water partition coefficient (Wildman–Crippen LogP) is 3.39. The van der Waals surface area contributed by atoms with E-state index in [1.165, 1.54) is 0 Å². The molecular formula is C18H15ClN2O3. The minimum atomic E-state index is -0.252. The summed E-state index contributed by atoms with van der Waals surface area (Å²) in [4.78, 5) is 24.0. The number of benzene rings is 1. The van der Waals surface area contributed by atoms with Gasteiger partial charge in [0.15, 0.2) is 5.78 Å². The molecule has 1 saturated heterocycles. The third kappa shape index (κ3) is 2.27. The van der Waals surface area contributed by atoms with E-state index in [1.54, 1.807) is 17.1 Å². The quantitative estimate of drug-likeness (QED) is 0.785. The first-order chi connectivity index (χ1) is 11.4. The van der Waals surface area contributed by atoms with Crippen molar-refractivity contribution >= 4 is 28.9 Å². The number of ketones is 1. The maximum absolute atomic E-state index is 12.5. The summed E-state index contributed by atoms with van der Waals surface area (Å²) in [5.41, 5.74) is 4.17. The molecule has 5 nitrogen and oxygen atoms in total. The summed E-state index contributed by atoms with van der Waals surface area (Å²) < 4.78 is 7.03. The van der Waals surface area contributed by atoms with E-state index >= 15 is 0 Å². The zero-order chi connectivity index (χ0) is 17.0. The normalized spacial score (nSPS) is 19.9. The molecule has 1 fully saturated rings. The number of carbonyl (C=O) groups is 2. The Kier molecular flexibility index (Phi) is 3.35. The van der Waals surface area contributed by atoms with Crippen LogP contribution in [0.5, 0.6) is 0 Å². The van der Waals surface area contributed by atoms with Crippen LogP contribution in [0.25, 0.3) is 11.3 Å². The lowest BCUT2D eigenvalue weighted by atomic mass is 9.93. The summed E-state index contributed by atoms with van der Waals surface area (Å²) in [6, 6.07) is 3.91. The fourth-order valence-corrected chi connectivity index (χ4v) is 3.73. The molecule has 1 aliphatic heterocycles. The lowest BCUT2D eigenvalue weighted by Gasteiger charge is -2.14. The van der Waals surface area contributed by atoms with Gasteiger partial charge in [0.2, 0.25) is 0 Å². The smallest absolute Gasteiger partial charge is 0.311 e. The van der Waals surface area contributed by atoms with Gasteiger partial charge in [0.1, 0.15) is 5.76 Å². The molecule has 24 heavy (non-hydrogen) atoms. The Morgan fingerprint density at radius 1 is 1.21 bits per heavy atom. The summed E-state index contributed by atoms with van der Waals surface area (Å²) in [5, 5.41) is 4.77. The second-order valence-electron chi connectivity index (χ2n) is 6.30. The van der Waals surface area contributed by atoms with Crippen LogP contribution in [0.2, 0.25) is 5.02 Å². The van der Waals surface area contributed by atoms with Crippen LogP contribution in [0, 0.1) is 19.8 Å². The van der Waals surface area contributed by atoms with Crippen LogP contribution in [0.15, 0.2) is 30.3 Å². The van der Waals surface area contributed by atoms with Crippen LogP contribution in [-0.2, 0) is 14.3 Å². The number of aryl methyl sites for hydroxylation is 2. The Bertz CT molecular complexity index is 903. The highest BCUT2D eigenvalue weighted by molar-refractivity contribution is 6.30. The maximum atomic E-state index is 12.5. The molecule has 2 aliphatic rings. The number of Topliss-reactive ketones (excluding diaryl/α,β-unsaturated/α-hetero) is 1. The molecule has 0 radical (unpaired) electrons. The van der Waals surface area contributed by atoms with E-state index in [9.17, 15) is 9.59 Å². The van der Waals surface area contributed by atoms with Crippen LogP contribution in [0.3, 0.4) is 0 Å². The Hall–Kier alpha value is -2.40. The van der Waals surface area contributed by atoms with E-state index in [0.29, 0.717) is 29.2 Å². The van der Waals surface area contributed by atoms with Gasteiger partial charge in [-0.3, -0.25) is 9.59 Å². The van der Waals surface area contributed by atoms with Gasteiger partial charge in [0, 0.05) is 18.5 Å². The average Bonchev–Trinajstić information content (AvgIpc) is 3.15. The second kappa shape index (κ2) is 5.31. The lowest BCUT2D eigenvalue weighted by molar-refractivity contribution is -0.135. The van der Waals surface area contributed by atoms with Gasteiger partial charge in [-0.05, 0) is 42.7 Å². The summed E-state index contributed by atoms with van der Waals surface area (Å²) in [5.74, 6) is 0.246. The first-order valence-electron chi connectivity index (χ1n) is 7.74. The molecule has 1 atom stereocenters. The van der Waals surface area contributed by atoms with Crippen molar-refractivity contribution in [3.8, 4) is 5.69 Å². The van der Waals surface area contributed by atoms with Crippen molar-refractivity contribution in [3.63, 3.8) is 0 Å². The number of hydrogen-bond donors (Lipinski definition) is 0. The molecule has 0 spiro atoms. The molecule has 122 valence electrons. The standard InChI is InChI=1S/C18H15ClN2O3/c1-9-3-13(21-8-12(19)7-20-21)4-10(2)16(9)17-14(22)5-11-6-15(23)24-18(11)17/h3-4,7-8,11H,5-6H2,1-2H3. The molecule has 1 unspecified atom stereocenters. The van der Waals surface area contributed by atoms with E-state index in [-0.39, 0.29) is 17.7 Å². The second-order valence-corrected chi connectivity index (χ2v) is 6.74. The van der Waals surface area contributed by atoms with Crippen LogP contribution < -0.4 is 0 Å². The summed E-state index contributed by atoms with van der Waals surface area (Å²) >= 11 is 5.93. The molecule has 0 bridgehead atoms. The molecule has 2 aromatic rings. The van der Waals surface area contributed by atoms with E-state index in [0.717, 1.165) is 22.4 Å². The largest absolute Gasteiger partial charge is 0.430 e. The van der Waals surface area contributed by atoms with Crippen LogP contribution >= 0.6 is 11.6 Å². The highest BCUT2D eigenvalue weighted by Crippen LogP contribution is 2.44. The summed E-state index contributed by atoms with van der Waals surface area (Å²) in [6.07, 6.45) is 3.96. The maximum Gasteiger partial charge on any atom is 0.311 e. The summed E-state index contributed by atoms with van der Waals surface area (Å²) in [6.45, 7) is 3.89. The molecule has 4 rings (SSSR count). The molecule has 1 aliphatic carbocycles. The number of hydrogen-bond acceptors (Lipinski definition) is 4. The molecule has 0 N–H and O–H groups in total. The van der Waals surface area contributed by atoms with Crippen molar-refractivity contribution in [2.45, 2.75) is 26.7 Å². The van der Waals surface area contributed by atoms with Crippen LogP contribution in [0.4, 0.5) is 0 Å². The van der Waals surface area contributed by atoms with Crippen molar-refractivity contribution in [1.82, 2.24) is 9.78 Å². The molecule has 1 aromatic carbocycles. The van der Waals surface area contributed by atoms with Gasteiger partial charge in [-0.2, -0.15) is 5.10 Å². The number of esters is 1. The predicted molar refractivity (Wildman–Crippen MR) is 88.8 cm³/mol. The van der Waals surface area contributed by atoms with Gasteiger partial charge in [-0.1, -0.05) is 11.6 Å². The monoisotopic (exact) mass is 342 g/mol. The highest BCUT2D eigenvalue weighted by atomic mass is 35.5. The third-order valence-corrected chi connectivity index (χ3v) is 4.74. The van der Waals surface area contributed by atoms with Crippen molar-refractivity contribution in [1.29, 1.82) is 0 Å². The number of fused-ring (bicyclic) bond motifs is 1. The number of aromatic nitrogens is 2. The minimum Gasteiger partial charge on any atom is -0.430 e. The number of nitrogens with zero attached hydrogens (tertiary/aromatic N) is 2. The molecule has 1 aromatic heterocycles. The number of carbonyl (C=O) groups excluding carboxylic acids is 2. The Balaban J connectivity index is 1.85. The molecule has 0 amide bonds. The molecule has 6 heteroatoms. The van der Waals surface area contributed by atoms with E-state index < -0.39 is 0 Å². The fourth-order valence-electron chi connectivity index (χ4n) is 3.60. The van der Waals surface area contributed by atoms with E-state index in [4.69, 9.17) is 16.3 Å². The molecule has 2 heterocycles. The first kappa shape index (κ1) is 15.1. The fraction of sp³-hybridized carbons (Fsp3) is 0.278. The topological polar surface area (TPSA) is 61.2 Å². The van der Waals surface area contributed by atoms with Crippen molar-refractivity contribution in [2.24, 2.45) is 5.92 Å². The number of allylic oxidation sites excluding steroid dienone is 2. The molecular weight excluding hydrogens is 328 g/mol. The van der Waals surface area contributed by atoms with Gasteiger partial charge in [0.25, 0.3) is 0 Å². The van der Waals surface area contributed by atoms with Crippen LogP contribution in [0.1, 0.15) is 29.5 Å². The zero-order valence-electron chi connectivity index (χ0n) is 13.3. The number of ether oxygens (including phenoxy) is 1. The number of halogens is 1. The molecule has 0 saturated carbocycles. The minimum absolute atomic E-state index is 0.0450. The van der Waals surface area contributed by atoms with Gasteiger partial charge >= 0.3 is 5.97 Å². The van der Waals surface area contributed by atoms with E-state index in [1.807, 2.05) is 26.0 Å². The van der Waals surface area contributed by atoms with E-state index in [2.05, 4.69) is 5.10 Å². The Morgan fingerprint density at radius 3 is 2.54 bits per heavy atom. The lowest BCUT2D eigenvalue weighted by Crippen LogP contribution is -2.06. The number of rotatable bonds is 2. The van der Waals surface area contributed by atoms with Gasteiger partial charge in [0.05, 0.1) is 28.9 Å². The van der Waals surface area contributed by atoms with Crippen molar-refractivity contribution in [2.75, 3.05) is 0 Å². The van der Waals surface area contributed by atoms with Crippen LogP contribution in [-0.4, -0.2) is 21.5 Å². The van der Waals surface area contributed by atoms with Gasteiger partial charge < -0.3 is 4.74 Å².